The summed E-state index contributed by atoms with van der Waals surface area (Å²) in [5, 5.41) is 8.28. The molecule has 0 aromatic heterocycles. The van der Waals surface area contributed by atoms with Gasteiger partial charge in [-0.15, -0.1) is 0 Å². The fraction of sp³-hybridized carbons (Fsp3) is 0.714. The summed E-state index contributed by atoms with van der Waals surface area (Å²) < 4.78 is 24.1. The second kappa shape index (κ2) is 4.58. The number of nitrogens with two attached hydrogens (primary N) is 1. The zero-order chi connectivity index (χ0) is 12.3. The maximum Gasteiger partial charge on any atom is 0.320 e. The van der Waals surface area contributed by atoms with Crippen molar-refractivity contribution in [2.45, 2.75) is 13.8 Å². The smallest absolute Gasteiger partial charge is 0.320 e. The predicted octanol–water partition coefficient (Wildman–Crippen LogP) is -1.50. The van der Waals surface area contributed by atoms with Crippen LogP contribution in [0.1, 0.15) is 13.8 Å². The van der Waals surface area contributed by atoms with E-state index in [1.54, 1.807) is 0 Å². The Morgan fingerprint density at radius 2 is 1.87 bits per heavy atom. The SMILES string of the molecule is CC(C)(CNS(=O)(=O)CC(=O)O)C(N)=O. The highest BCUT2D eigenvalue weighted by Gasteiger charge is 2.27. The average Bonchev–Trinajstić information content (AvgIpc) is 1.98. The molecule has 0 bridgehead atoms. The largest absolute Gasteiger partial charge is 0.480 e. The van der Waals surface area contributed by atoms with E-state index in [0.29, 0.717) is 0 Å². The maximum atomic E-state index is 11.1. The number of hydrogen-bond acceptors (Lipinski definition) is 4. The molecule has 88 valence electrons. The number of carbonyl (C=O) groups is 2. The Kier molecular flexibility index (Phi) is 4.23. The van der Waals surface area contributed by atoms with Crippen LogP contribution in [0.3, 0.4) is 0 Å². The molecule has 1 amide bonds. The maximum absolute atomic E-state index is 11.1. The number of carboxylic acids is 1. The topological polar surface area (TPSA) is 127 Å². The summed E-state index contributed by atoms with van der Waals surface area (Å²) in [6, 6.07) is 0. The number of amides is 1. The summed E-state index contributed by atoms with van der Waals surface area (Å²) in [7, 11) is -3.90. The first-order valence-electron chi connectivity index (χ1n) is 4.06. The van der Waals surface area contributed by atoms with Gasteiger partial charge in [0.05, 0.1) is 5.41 Å². The van der Waals surface area contributed by atoms with Gasteiger partial charge in [-0.2, -0.15) is 0 Å². The molecular weight excluding hydrogens is 224 g/mol. The number of sulfonamides is 1. The summed E-state index contributed by atoms with van der Waals surface area (Å²) in [5.74, 6) is -3.15. The van der Waals surface area contributed by atoms with E-state index >= 15 is 0 Å². The van der Waals surface area contributed by atoms with Crippen molar-refractivity contribution in [2.24, 2.45) is 11.1 Å². The normalized spacial score (nSPS) is 12.4. The zero-order valence-corrected chi connectivity index (χ0v) is 9.30. The number of rotatable bonds is 6. The van der Waals surface area contributed by atoms with E-state index in [4.69, 9.17) is 10.8 Å². The molecule has 0 saturated carbocycles. The molecule has 0 aromatic rings. The number of hydrogen-bond donors (Lipinski definition) is 3. The van der Waals surface area contributed by atoms with Gasteiger partial charge in [0.25, 0.3) is 0 Å². The van der Waals surface area contributed by atoms with Crippen molar-refractivity contribution in [1.29, 1.82) is 0 Å². The second-order valence-corrected chi connectivity index (χ2v) is 5.53. The Morgan fingerprint density at radius 3 is 2.20 bits per heavy atom. The number of primary amides is 1. The van der Waals surface area contributed by atoms with E-state index in [0.717, 1.165) is 0 Å². The number of nitrogens with one attached hydrogen (secondary N) is 1. The Morgan fingerprint density at radius 1 is 1.40 bits per heavy atom. The lowest BCUT2D eigenvalue weighted by Gasteiger charge is -2.20. The highest BCUT2D eigenvalue weighted by Crippen LogP contribution is 2.12. The van der Waals surface area contributed by atoms with Crippen molar-refractivity contribution < 1.29 is 23.1 Å². The van der Waals surface area contributed by atoms with Crippen LogP contribution >= 0.6 is 0 Å². The lowest BCUT2D eigenvalue weighted by molar-refractivity contribution is -0.134. The fourth-order valence-corrected chi connectivity index (χ4v) is 1.60. The molecule has 0 fully saturated rings. The van der Waals surface area contributed by atoms with Crippen LogP contribution in [0.5, 0.6) is 0 Å². The summed E-state index contributed by atoms with van der Waals surface area (Å²) in [5.41, 5.74) is 3.96. The van der Waals surface area contributed by atoms with Crippen molar-refractivity contribution in [3.63, 3.8) is 0 Å². The van der Waals surface area contributed by atoms with Crippen LogP contribution in [0.15, 0.2) is 0 Å². The van der Waals surface area contributed by atoms with Gasteiger partial charge < -0.3 is 10.8 Å². The molecule has 0 rings (SSSR count). The Hall–Kier alpha value is -1.15. The quantitative estimate of drug-likeness (QED) is 0.519. The molecule has 8 heteroatoms. The first-order chi connectivity index (χ1) is 6.57. The third-order valence-corrected chi connectivity index (χ3v) is 2.93. The van der Waals surface area contributed by atoms with E-state index in [1.165, 1.54) is 13.8 Å². The van der Waals surface area contributed by atoms with Gasteiger partial charge in [-0.25, -0.2) is 13.1 Å². The molecule has 0 aromatic carbocycles. The lowest BCUT2D eigenvalue weighted by Crippen LogP contribution is -2.43. The standard InChI is InChI=1S/C7H14N2O5S/c1-7(2,6(8)12)4-9-15(13,14)3-5(10)11/h9H,3-4H2,1-2H3,(H2,8,12)(H,10,11). The van der Waals surface area contributed by atoms with Gasteiger partial charge in [-0.05, 0) is 13.8 Å². The molecule has 0 aliphatic heterocycles. The number of aliphatic carboxylic acids is 1. The van der Waals surface area contributed by atoms with Gasteiger partial charge in [0, 0.05) is 6.54 Å². The van der Waals surface area contributed by atoms with Crippen molar-refractivity contribution >= 4 is 21.9 Å². The van der Waals surface area contributed by atoms with Crippen LogP contribution in [-0.4, -0.2) is 37.7 Å². The monoisotopic (exact) mass is 238 g/mol. The third kappa shape index (κ3) is 5.33. The molecule has 0 radical (unpaired) electrons. The first-order valence-corrected chi connectivity index (χ1v) is 5.71. The van der Waals surface area contributed by atoms with Crippen molar-refractivity contribution in [3.05, 3.63) is 0 Å². The molecule has 0 aliphatic carbocycles. The van der Waals surface area contributed by atoms with E-state index in [-0.39, 0.29) is 6.54 Å². The van der Waals surface area contributed by atoms with E-state index in [1.807, 2.05) is 4.72 Å². The second-order valence-electron chi connectivity index (χ2n) is 3.72. The molecule has 0 aliphatic rings. The minimum Gasteiger partial charge on any atom is -0.480 e. The number of carbonyl (C=O) groups excluding carboxylic acids is 1. The summed E-state index contributed by atoms with van der Waals surface area (Å²) in [6.07, 6.45) is 0. The van der Waals surface area contributed by atoms with Crippen LogP contribution in [-0.2, 0) is 19.6 Å². The van der Waals surface area contributed by atoms with Crippen molar-refractivity contribution in [2.75, 3.05) is 12.3 Å². The van der Waals surface area contributed by atoms with Gasteiger partial charge >= 0.3 is 5.97 Å². The number of carboxylic acid groups (broad SMARTS) is 1. The van der Waals surface area contributed by atoms with Crippen LogP contribution in [0, 0.1) is 5.41 Å². The molecule has 4 N–H and O–H groups in total. The van der Waals surface area contributed by atoms with Crippen LogP contribution in [0.4, 0.5) is 0 Å². The Bertz CT molecular complexity index is 360. The van der Waals surface area contributed by atoms with Gasteiger partial charge in [-0.1, -0.05) is 0 Å². The minimum atomic E-state index is -3.90. The summed E-state index contributed by atoms with van der Waals surface area (Å²) in [4.78, 5) is 21.0. The van der Waals surface area contributed by atoms with Crippen LogP contribution < -0.4 is 10.5 Å². The van der Waals surface area contributed by atoms with Crippen LogP contribution in [0.25, 0.3) is 0 Å². The molecule has 15 heavy (non-hydrogen) atoms. The summed E-state index contributed by atoms with van der Waals surface area (Å²) >= 11 is 0. The Balaban J connectivity index is 4.40. The third-order valence-electron chi connectivity index (χ3n) is 1.71. The predicted molar refractivity (Wildman–Crippen MR) is 52.4 cm³/mol. The molecular formula is C7H14N2O5S. The van der Waals surface area contributed by atoms with Crippen molar-refractivity contribution in [3.8, 4) is 0 Å². The molecule has 0 heterocycles. The fourth-order valence-electron chi connectivity index (χ4n) is 0.591. The minimum absolute atomic E-state index is 0.224. The molecule has 0 unspecified atom stereocenters. The highest BCUT2D eigenvalue weighted by molar-refractivity contribution is 7.90. The lowest BCUT2D eigenvalue weighted by atomic mass is 9.93. The van der Waals surface area contributed by atoms with E-state index < -0.39 is 33.1 Å². The Labute approximate surface area is 87.7 Å². The molecule has 0 spiro atoms. The van der Waals surface area contributed by atoms with E-state index in [9.17, 15) is 18.0 Å². The molecule has 0 atom stereocenters. The van der Waals surface area contributed by atoms with E-state index in [2.05, 4.69) is 0 Å². The van der Waals surface area contributed by atoms with Gasteiger partial charge in [0.1, 0.15) is 0 Å². The van der Waals surface area contributed by atoms with Gasteiger partial charge in [-0.3, -0.25) is 9.59 Å². The molecule has 7 nitrogen and oxygen atoms in total. The van der Waals surface area contributed by atoms with Crippen LogP contribution in [0.2, 0.25) is 0 Å². The molecule has 0 saturated heterocycles. The van der Waals surface area contributed by atoms with Crippen molar-refractivity contribution in [1.82, 2.24) is 4.72 Å². The summed E-state index contributed by atoms with van der Waals surface area (Å²) in [6.45, 7) is 2.69. The average molecular weight is 238 g/mol. The zero-order valence-electron chi connectivity index (χ0n) is 8.48. The van der Waals surface area contributed by atoms with Gasteiger partial charge in [0.15, 0.2) is 5.75 Å². The first kappa shape index (κ1) is 13.8. The van der Waals surface area contributed by atoms with Gasteiger partial charge in [0.2, 0.25) is 15.9 Å². The highest BCUT2D eigenvalue weighted by atomic mass is 32.2.